The maximum absolute atomic E-state index is 12.2. The van der Waals surface area contributed by atoms with E-state index in [-0.39, 0.29) is 30.2 Å². The lowest BCUT2D eigenvalue weighted by Crippen LogP contribution is -2.33. The zero-order valence-corrected chi connectivity index (χ0v) is 15.8. The molecule has 0 aliphatic rings. The van der Waals surface area contributed by atoms with Crippen molar-refractivity contribution in [3.8, 4) is 0 Å². The Hall–Kier alpha value is -3.16. The van der Waals surface area contributed by atoms with Crippen molar-refractivity contribution in [1.82, 2.24) is 5.32 Å². The van der Waals surface area contributed by atoms with Crippen molar-refractivity contribution >= 4 is 23.8 Å². The number of benzene rings is 1. The van der Waals surface area contributed by atoms with E-state index in [4.69, 9.17) is 15.2 Å². The third kappa shape index (κ3) is 6.93. The fourth-order valence-corrected chi connectivity index (χ4v) is 2.31. The maximum Gasteiger partial charge on any atom is 0.337 e. The van der Waals surface area contributed by atoms with E-state index in [1.807, 2.05) is 0 Å². The van der Waals surface area contributed by atoms with E-state index in [1.54, 1.807) is 38.1 Å². The molecule has 0 radical (unpaired) electrons. The second-order valence-electron chi connectivity index (χ2n) is 6.11. The summed E-state index contributed by atoms with van der Waals surface area (Å²) in [5, 5.41) is 2.39. The van der Waals surface area contributed by atoms with Gasteiger partial charge < -0.3 is 20.5 Å². The zero-order valence-electron chi connectivity index (χ0n) is 15.8. The highest BCUT2D eigenvalue weighted by atomic mass is 16.5. The first kappa shape index (κ1) is 21.9. The average molecular weight is 376 g/mol. The van der Waals surface area contributed by atoms with Crippen LogP contribution in [0.4, 0.5) is 0 Å². The second kappa shape index (κ2) is 10.1. The topological polar surface area (TPSA) is 125 Å². The molecule has 146 valence electrons. The van der Waals surface area contributed by atoms with Crippen LogP contribution in [0.25, 0.3) is 0 Å². The van der Waals surface area contributed by atoms with E-state index < -0.39 is 23.8 Å². The molecule has 8 heteroatoms. The molecule has 27 heavy (non-hydrogen) atoms. The predicted octanol–water partition coefficient (Wildman–Crippen LogP) is 1.09. The standard InChI is InChI=1S/C19H24N2O6/c1-11(2)17(27-12(3)22)15(19(25)26-4)9-13-5-7-14(8-6-13)18(24)21-10-16(20)23/h5-8,11H,9-10H2,1-4H3,(H2,20,23)(H,21,24). The Kier molecular flexibility index (Phi) is 8.19. The Morgan fingerprint density at radius 2 is 1.70 bits per heavy atom. The van der Waals surface area contributed by atoms with Gasteiger partial charge in [0.15, 0.2) is 0 Å². The number of allylic oxidation sites excluding steroid dienone is 1. The molecule has 2 amide bonds. The van der Waals surface area contributed by atoms with Crippen LogP contribution in [0.5, 0.6) is 0 Å². The van der Waals surface area contributed by atoms with E-state index in [2.05, 4.69) is 5.32 Å². The van der Waals surface area contributed by atoms with E-state index in [1.165, 1.54) is 14.0 Å². The van der Waals surface area contributed by atoms with Gasteiger partial charge in [-0.2, -0.15) is 0 Å². The number of carbonyl (C=O) groups is 4. The number of rotatable bonds is 8. The average Bonchev–Trinajstić information content (AvgIpc) is 2.61. The summed E-state index contributed by atoms with van der Waals surface area (Å²) in [6.45, 7) is 4.60. The minimum Gasteiger partial charge on any atom is -0.466 e. The number of methoxy groups -OCH3 is 1. The number of hydrogen-bond acceptors (Lipinski definition) is 6. The molecule has 0 bridgehead atoms. The number of amides is 2. The number of hydrogen-bond donors (Lipinski definition) is 2. The van der Waals surface area contributed by atoms with Crippen molar-refractivity contribution in [2.45, 2.75) is 27.2 Å². The van der Waals surface area contributed by atoms with Crippen LogP contribution in [0.2, 0.25) is 0 Å². The van der Waals surface area contributed by atoms with E-state index in [9.17, 15) is 19.2 Å². The molecular formula is C19H24N2O6. The van der Waals surface area contributed by atoms with Gasteiger partial charge in [-0.25, -0.2) is 4.79 Å². The first-order valence-electron chi connectivity index (χ1n) is 8.30. The van der Waals surface area contributed by atoms with Crippen molar-refractivity contribution < 1.29 is 28.7 Å². The lowest BCUT2D eigenvalue weighted by molar-refractivity contribution is -0.139. The lowest BCUT2D eigenvalue weighted by atomic mass is 9.98. The van der Waals surface area contributed by atoms with E-state index in [0.717, 1.165) is 0 Å². The summed E-state index contributed by atoms with van der Waals surface area (Å²) in [6, 6.07) is 6.44. The Morgan fingerprint density at radius 1 is 1.11 bits per heavy atom. The molecule has 8 nitrogen and oxygen atoms in total. The minimum absolute atomic E-state index is 0.163. The fraction of sp³-hybridized carbons (Fsp3) is 0.368. The SMILES string of the molecule is COC(=O)C(Cc1ccc(C(=O)NCC(N)=O)cc1)=C(OC(C)=O)C(C)C. The molecule has 0 saturated carbocycles. The van der Waals surface area contributed by atoms with Crippen LogP contribution in [-0.4, -0.2) is 37.4 Å². The van der Waals surface area contributed by atoms with Crippen molar-refractivity contribution in [3.63, 3.8) is 0 Å². The fourth-order valence-electron chi connectivity index (χ4n) is 2.31. The summed E-state index contributed by atoms with van der Waals surface area (Å²) in [7, 11) is 1.25. The van der Waals surface area contributed by atoms with Crippen molar-refractivity contribution in [2.75, 3.05) is 13.7 Å². The molecule has 0 atom stereocenters. The molecule has 0 unspecified atom stereocenters. The van der Waals surface area contributed by atoms with Gasteiger partial charge in [-0.15, -0.1) is 0 Å². The monoisotopic (exact) mass is 376 g/mol. The summed E-state index contributed by atoms with van der Waals surface area (Å²) in [6.07, 6.45) is 0.163. The molecule has 0 aromatic heterocycles. The number of nitrogens with one attached hydrogen (secondary N) is 1. The number of nitrogens with two attached hydrogens (primary N) is 1. The Balaban J connectivity index is 3.09. The van der Waals surface area contributed by atoms with Crippen LogP contribution in [0.15, 0.2) is 35.6 Å². The summed E-state index contributed by atoms with van der Waals surface area (Å²) in [5.41, 5.74) is 6.27. The molecule has 0 saturated heterocycles. The van der Waals surface area contributed by atoms with Gasteiger partial charge in [0.2, 0.25) is 5.91 Å². The largest absolute Gasteiger partial charge is 0.466 e. The smallest absolute Gasteiger partial charge is 0.337 e. The van der Waals surface area contributed by atoms with Gasteiger partial charge in [-0.05, 0) is 17.7 Å². The minimum atomic E-state index is -0.639. The third-order valence-electron chi connectivity index (χ3n) is 3.53. The summed E-state index contributed by atoms with van der Waals surface area (Å²) < 4.78 is 10.0. The van der Waals surface area contributed by atoms with Gasteiger partial charge in [0.25, 0.3) is 5.91 Å². The molecule has 0 fully saturated rings. The van der Waals surface area contributed by atoms with E-state index >= 15 is 0 Å². The first-order chi connectivity index (χ1) is 12.6. The lowest BCUT2D eigenvalue weighted by Gasteiger charge is -2.16. The highest BCUT2D eigenvalue weighted by Gasteiger charge is 2.22. The zero-order chi connectivity index (χ0) is 20.6. The normalized spacial score (nSPS) is 11.4. The maximum atomic E-state index is 12.2. The predicted molar refractivity (Wildman–Crippen MR) is 97.3 cm³/mol. The molecule has 0 heterocycles. The quantitative estimate of drug-likeness (QED) is 0.397. The van der Waals surface area contributed by atoms with Gasteiger partial charge in [0.05, 0.1) is 19.2 Å². The summed E-state index contributed by atoms with van der Waals surface area (Å²) in [5.74, 6) is -2.16. The molecular weight excluding hydrogens is 352 g/mol. The summed E-state index contributed by atoms with van der Waals surface area (Å²) >= 11 is 0. The van der Waals surface area contributed by atoms with Crippen molar-refractivity contribution in [1.29, 1.82) is 0 Å². The van der Waals surface area contributed by atoms with Gasteiger partial charge in [0, 0.05) is 24.8 Å². The molecule has 1 aromatic carbocycles. The number of carbonyl (C=O) groups excluding carboxylic acids is 4. The second-order valence-corrected chi connectivity index (χ2v) is 6.11. The first-order valence-corrected chi connectivity index (χ1v) is 8.30. The molecule has 0 spiro atoms. The number of primary amides is 1. The number of esters is 2. The van der Waals surface area contributed by atoms with Gasteiger partial charge in [-0.3, -0.25) is 14.4 Å². The number of ether oxygens (including phenoxy) is 2. The molecule has 0 aliphatic carbocycles. The van der Waals surface area contributed by atoms with Gasteiger partial charge in [-0.1, -0.05) is 26.0 Å². The van der Waals surface area contributed by atoms with Crippen LogP contribution in [0.3, 0.4) is 0 Å². The van der Waals surface area contributed by atoms with Crippen LogP contribution in [-0.2, 0) is 30.3 Å². The Bertz CT molecular complexity index is 750. The Labute approximate surface area is 157 Å². The highest BCUT2D eigenvalue weighted by molar-refractivity contribution is 5.96. The Morgan fingerprint density at radius 3 is 2.15 bits per heavy atom. The molecule has 3 N–H and O–H groups in total. The molecule has 1 rings (SSSR count). The molecule has 0 aliphatic heterocycles. The highest BCUT2D eigenvalue weighted by Crippen LogP contribution is 2.22. The van der Waals surface area contributed by atoms with Crippen LogP contribution >= 0.6 is 0 Å². The third-order valence-corrected chi connectivity index (χ3v) is 3.53. The van der Waals surface area contributed by atoms with Crippen LogP contribution < -0.4 is 11.1 Å². The van der Waals surface area contributed by atoms with Crippen molar-refractivity contribution in [3.05, 3.63) is 46.7 Å². The van der Waals surface area contributed by atoms with E-state index in [0.29, 0.717) is 11.1 Å². The van der Waals surface area contributed by atoms with Crippen molar-refractivity contribution in [2.24, 2.45) is 11.7 Å². The molecule has 1 aromatic rings. The van der Waals surface area contributed by atoms with Gasteiger partial charge >= 0.3 is 11.9 Å². The van der Waals surface area contributed by atoms with Crippen LogP contribution in [0, 0.1) is 5.92 Å². The summed E-state index contributed by atoms with van der Waals surface area (Å²) in [4.78, 5) is 46.2. The van der Waals surface area contributed by atoms with Gasteiger partial charge in [0.1, 0.15) is 5.76 Å². The van der Waals surface area contributed by atoms with Crippen LogP contribution in [0.1, 0.15) is 36.7 Å².